The largest absolute Gasteiger partial charge is 0.505 e. The summed E-state index contributed by atoms with van der Waals surface area (Å²) in [6.45, 7) is 2.27. The molecule has 0 bridgehead atoms. The SMILES string of the molecule is CCCCCCCCCCCCCCCCCCCC1=C(O)c2[nH]c(=S)ccc2C(=O)C1=O. The van der Waals surface area contributed by atoms with Crippen LogP contribution >= 0.6 is 12.2 Å². The lowest BCUT2D eigenvalue weighted by atomic mass is 9.89. The molecular weight excluding hydrogens is 430 g/mol. The van der Waals surface area contributed by atoms with E-state index in [1.807, 2.05) is 0 Å². The van der Waals surface area contributed by atoms with E-state index < -0.39 is 11.6 Å². The molecule has 0 fully saturated rings. The van der Waals surface area contributed by atoms with Crippen molar-refractivity contribution in [3.05, 3.63) is 33.6 Å². The molecule has 0 amide bonds. The van der Waals surface area contributed by atoms with E-state index in [1.54, 1.807) is 6.07 Å². The van der Waals surface area contributed by atoms with Gasteiger partial charge in [-0.1, -0.05) is 122 Å². The van der Waals surface area contributed by atoms with Crippen LogP contribution in [0.4, 0.5) is 0 Å². The highest BCUT2D eigenvalue weighted by atomic mass is 32.1. The molecule has 0 spiro atoms. The van der Waals surface area contributed by atoms with Gasteiger partial charge in [0.25, 0.3) is 0 Å². The van der Waals surface area contributed by atoms with Crippen LogP contribution in [0.5, 0.6) is 0 Å². The van der Waals surface area contributed by atoms with Crippen LogP contribution in [0.1, 0.15) is 139 Å². The lowest BCUT2D eigenvalue weighted by Crippen LogP contribution is -2.25. The number of aliphatic hydroxyl groups excluding tert-OH is 1. The van der Waals surface area contributed by atoms with Gasteiger partial charge in [0.15, 0.2) is 0 Å². The van der Waals surface area contributed by atoms with Gasteiger partial charge < -0.3 is 10.1 Å². The molecule has 1 aromatic rings. The lowest BCUT2D eigenvalue weighted by Gasteiger charge is -2.17. The Morgan fingerprint density at radius 3 is 1.64 bits per heavy atom. The van der Waals surface area contributed by atoms with Crippen LogP contribution in [0.15, 0.2) is 17.7 Å². The van der Waals surface area contributed by atoms with Crippen LogP contribution in [0, 0.1) is 4.64 Å². The number of aromatic amines is 1. The normalized spacial score (nSPS) is 13.6. The number of Topliss-reactive ketones (excluding diaryl/α,β-unsaturated/α-hetero) is 2. The molecule has 0 radical (unpaired) electrons. The fourth-order valence-corrected chi connectivity index (χ4v) is 4.80. The Balaban J connectivity index is 1.49. The molecule has 5 heteroatoms. The number of carbonyl (C=O) groups is 2. The third-order valence-electron chi connectivity index (χ3n) is 6.70. The van der Waals surface area contributed by atoms with Gasteiger partial charge in [0.05, 0.1) is 11.3 Å². The second kappa shape index (κ2) is 16.0. The number of aromatic nitrogens is 1. The Hall–Kier alpha value is -1.75. The quantitative estimate of drug-likeness (QED) is 0.127. The monoisotopic (exact) mass is 473 g/mol. The number of hydrogen-bond acceptors (Lipinski definition) is 4. The summed E-state index contributed by atoms with van der Waals surface area (Å²) < 4.78 is 0.430. The number of nitrogens with one attached hydrogen (secondary N) is 1. The summed E-state index contributed by atoms with van der Waals surface area (Å²) in [5.74, 6) is -1.25. The van der Waals surface area contributed by atoms with Gasteiger partial charge in [-0.05, 0) is 25.0 Å². The second-order valence-electron chi connectivity index (χ2n) is 9.50. The average Bonchev–Trinajstić information content (AvgIpc) is 2.81. The number of fused-ring (bicyclic) bond motifs is 1. The van der Waals surface area contributed by atoms with E-state index in [-0.39, 0.29) is 22.6 Å². The number of H-pyrrole nitrogens is 1. The highest BCUT2D eigenvalue weighted by Crippen LogP contribution is 2.29. The van der Waals surface area contributed by atoms with Crippen molar-refractivity contribution < 1.29 is 14.7 Å². The lowest BCUT2D eigenvalue weighted by molar-refractivity contribution is -0.112. The third-order valence-corrected chi connectivity index (χ3v) is 6.93. The van der Waals surface area contributed by atoms with Crippen molar-refractivity contribution in [2.75, 3.05) is 0 Å². The molecule has 1 aliphatic carbocycles. The van der Waals surface area contributed by atoms with Crippen molar-refractivity contribution in [3.63, 3.8) is 0 Å². The van der Waals surface area contributed by atoms with E-state index in [4.69, 9.17) is 12.2 Å². The second-order valence-corrected chi connectivity index (χ2v) is 9.94. The van der Waals surface area contributed by atoms with Gasteiger partial charge in [-0.15, -0.1) is 0 Å². The molecule has 4 nitrogen and oxygen atoms in total. The van der Waals surface area contributed by atoms with Crippen LogP contribution in [-0.2, 0) is 4.79 Å². The first-order valence-corrected chi connectivity index (χ1v) is 13.7. The first-order valence-electron chi connectivity index (χ1n) is 13.3. The van der Waals surface area contributed by atoms with Gasteiger partial charge in [0, 0.05) is 5.57 Å². The molecule has 2 rings (SSSR count). The van der Waals surface area contributed by atoms with Crippen molar-refractivity contribution >= 4 is 29.5 Å². The Morgan fingerprint density at radius 1 is 0.697 bits per heavy atom. The van der Waals surface area contributed by atoms with Crippen molar-refractivity contribution in [3.8, 4) is 0 Å². The zero-order valence-electron chi connectivity index (χ0n) is 20.6. The molecule has 0 saturated heterocycles. The Labute approximate surface area is 205 Å². The number of carbonyl (C=O) groups excluding carboxylic acids is 2. The topological polar surface area (TPSA) is 70.2 Å². The average molecular weight is 474 g/mol. The third kappa shape index (κ3) is 9.56. The summed E-state index contributed by atoms with van der Waals surface area (Å²) in [7, 11) is 0. The summed E-state index contributed by atoms with van der Waals surface area (Å²) in [5.41, 5.74) is 0.719. The zero-order chi connectivity index (χ0) is 23.9. The van der Waals surface area contributed by atoms with Crippen molar-refractivity contribution in [2.24, 2.45) is 0 Å². The minimum absolute atomic E-state index is 0.113. The molecule has 0 saturated carbocycles. The van der Waals surface area contributed by atoms with Gasteiger partial charge in [0.2, 0.25) is 11.6 Å². The molecule has 1 aliphatic rings. The van der Waals surface area contributed by atoms with Crippen molar-refractivity contribution in [2.45, 2.75) is 122 Å². The molecule has 0 aliphatic heterocycles. The highest BCUT2D eigenvalue weighted by Gasteiger charge is 2.32. The maximum Gasteiger partial charge on any atom is 0.235 e. The minimum atomic E-state index is -0.581. The molecule has 0 aromatic carbocycles. The van der Waals surface area contributed by atoms with Crippen LogP contribution in [0.2, 0.25) is 0 Å². The molecule has 1 aromatic heterocycles. The van der Waals surface area contributed by atoms with Gasteiger partial charge in [-0.3, -0.25) is 9.59 Å². The van der Waals surface area contributed by atoms with Gasteiger partial charge in [-0.25, -0.2) is 0 Å². The summed E-state index contributed by atoms with van der Waals surface area (Å²) in [5, 5.41) is 10.5. The molecule has 2 N–H and O–H groups in total. The van der Waals surface area contributed by atoms with E-state index in [0.29, 0.717) is 11.1 Å². The van der Waals surface area contributed by atoms with Gasteiger partial charge in [0.1, 0.15) is 10.4 Å². The molecule has 0 unspecified atom stereocenters. The Morgan fingerprint density at radius 2 is 1.15 bits per heavy atom. The number of rotatable bonds is 18. The molecule has 33 heavy (non-hydrogen) atoms. The van der Waals surface area contributed by atoms with E-state index in [9.17, 15) is 14.7 Å². The zero-order valence-corrected chi connectivity index (χ0v) is 21.4. The maximum absolute atomic E-state index is 12.4. The molecular formula is C28H43NO3S. The Kier molecular flexibility index (Phi) is 13.3. The summed E-state index contributed by atoms with van der Waals surface area (Å²) in [6.07, 6.45) is 22.5. The molecule has 0 atom stereocenters. The van der Waals surface area contributed by atoms with Crippen molar-refractivity contribution in [1.29, 1.82) is 0 Å². The number of allylic oxidation sites excluding steroid dienone is 1. The smallest absolute Gasteiger partial charge is 0.235 e. The predicted octanol–water partition coefficient (Wildman–Crippen LogP) is 8.82. The molecule has 1 heterocycles. The van der Waals surface area contributed by atoms with E-state index in [0.717, 1.165) is 19.3 Å². The van der Waals surface area contributed by atoms with E-state index in [1.165, 1.54) is 96.0 Å². The minimum Gasteiger partial charge on any atom is -0.505 e. The maximum atomic E-state index is 12.4. The highest BCUT2D eigenvalue weighted by molar-refractivity contribution is 7.71. The number of pyridine rings is 1. The van der Waals surface area contributed by atoms with Gasteiger partial charge in [-0.2, -0.15) is 0 Å². The number of hydrogen-bond donors (Lipinski definition) is 2. The fraction of sp³-hybridized carbons (Fsp3) is 0.679. The van der Waals surface area contributed by atoms with Crippen molar-refractivity contribution in [1.82, 2.24) is 4.98 Å². The number of aliphatic hydroxyl groups is 1. The first kappa shape index (κ1) is 27.5. The Bertz CT molecular complexity index is 840. The van der Waals surface area contributed by atoms with Crippen LogP contribution < -0.4 is 0 Å². The van der Waals surface area contributed by atoms with Crippen LogP contribution in [0.3, 0.4) is 0 Å². The fourth-order valence-electron chi connectivity index (χ4n) is 4.63. The summed E-state index contributed by atoms with van der Waals surface area (Å²) in [6, 6.07) is 3.07. The summed E-state index contributed by atoms with van der Waals surface area (Å²) >= 11 is 5.08. The first-order chi connectivity index (χ1) is 16.1. The standard InChI is InChI=1S/C28H43NO3S/c1-2-3-4-5-6-7-8-9-10-11-12-13-14-15-16-17-18-19-23-26(30)25-22(27(31)28(23)32)20-21-24(33)29-25/h20-21,30H,2-19H2,1H3,(H,29,33). The van der Waals surface area contributed by atoms with E-state index in [2.05, 4.69) is 11.9 Å². The number of unbranched alkanes of at least 4 members (excludes halogenated alkanes) is 16. The molecule has 184 valence electrons. The summed E-state index contributed by atoms with van der Waals surface area (Å²) in [4.78, 5) is 27.5. The van der Waals surface area contributed by atoms with E-state index >= 15 is 0 Å². The predicted molar refractivity (Wildman–Crippen MR) is 139 cm³/mol. The van der Waals surface area contributed by atoms with Crippen LogP contribution in [-0.4, -0.2) is 21.7 Å². The van der Waals surface area contributed by atoms with Crippen LogP contribution in [0.25, 0.3) is 5.76 Å². The number of ketones is 2. The van der Waals surface area contributed by atoms with Gasteiger partial charge >= 0.3 is 0 Å².